The van der Waals surface area contributed by atoms with Crippen LogP contribution in [0.3, 0.4) is 0 Å². The van der Waals surface area contributed by atoms with Gasteiger partial charge in [0.05, 0.1) is 12.2 Å². The molecule has 0 bridgehead atoms. The fraction of sp³-hybridized carbons (Fsp3) is 0.333. The van der Waals surface area contributed by atoms with Crippen molar-refractivity contribution in [3.63, 3.8) is 0 Å². The molecule has 0 unspecified atom stereocenters. The first-order valence-corrected chi connectivity index (χ1v) is 7.43. The number of rotatable bonds is 2. The Hall–Kier alpha value is -2.00. The Bertz CT molecular complexity index is 730. The maximum atomic E-state index is 13.0. The highest BCUT2D eigenvalue weighted by Gasteiger charge is 2.48. The van der Waals surface area contributed by atoms with Crippen LogP contribution in [0.1, 0.15) is 13.8 Å². The SMILES string of the molecule is CC1(C)C(=O)NC(=O)CN1S(=O)(=O)c1ccc(F)cc1N. The van der Waals surface area contributed by atoms with Crippen molar-refractivity contribution < 1.29 is 22.4 Å². The number of halogens is 1. The molecule has 21 heavy (non-hydrogen) atoms. The number of nitrogen functional groups attached to an aromatic ring is 1. The number of hydrogen-bond acceptors (Lipinski definition) is 5. The molecule has 0 radical (unpaired) electrons. The summed E-state index contributed by atoms with van der Waals surface area (Å²) in [4.78, 5) is 22.9. The van der Waals surface area contributed by atoms with Gasteiger partial charge in [0.25, 0.3) is 0 Å². The molecule has 1 aromatic rings. The Morgan fingerprint density at radius 2 is 1.95 bits per heavy atom. The molecule has 2 rings (SSSR count). The Kier molecular flexibility index (Phi) is 3.50. The van der Waals surface area contributed by atoms with Gasteiger partial charge in [0.1, 0.15) is 16.3 Å². The second kappa shape index (κ2) is 4.78. The van der Waals surface area contributed by atoms with Crippen LogP contribution in [0.2, 0.25) is 0 Å². The van der Waals surface area contributed by atoms with Crippen LogP contribution in [0.5, 0.6) is 0 Å². The van der Waals surface area contributed by atoms with Crippen LogP contribution in [-0.4, -0.2) is 36.6 Å². The van der Waals surface area contributed by atoms with Crippen LogP contribution in [-0.2, 0) is 19.6 Å². The van der Waals surface area contributed by atoms with Gasteiger partial charge < -0.3 is 5.73 Å². The molecule has 0 saturated carbocycles. The second-order valence-corrected chi connectivity index (χ2v) is 6.96. The molecule has 7 nitrogen and oxygen atoms in total. The Morgan fingerprint density at radius 1 is 1.33 bits per heavy atom. The lowest BCUT2D eigenvalue weighted by Crippen LogP contribution is -2.65. The summed E-state index contributed by atoms with van der Waals surface area (Å²) in [6, 6.07) is 2.82. The minimum Gasteiger partial charge on any atom is -0.398 e. The monoisotopic (exact) mass is 315 g/mol. The molecule has 1 saturated heterocycles. The lowest BCUT2D eigenvalue weighted by molar-refractivity contribution is -0.141. The minimum absolute atomic E-state index is 0.288. The molecule has 1 aliphatic heterocycles. The van der Waals surface area contributed by atoms with E-state index in [1.54, 1.807) is 0 Å². The smallest absolute Gasteiger partial charge is 0.247 e. The van der Waals surface area contributed by atoms with E-state index in [2.05, 4.69) is 5.32 Å². The number of carbonyl (C=O) groups excluding carboxylic acids is 2. The Morgan fingerprint density at radius 3 is 2.52 bits per heavy atom. The van der Waals surface area contributed by atoms with Crippen molar-refractivity contribution in [1.82, 2.24) is 9.62 Å². The summed E-state index contributed by atoms with van der Waals surface area (Å²) >= 11 is 0. The maximum absolute atomic E-state index is 13.0. The van der Waals surface area contributed by atoms with Crippen molar-refractivity contribution in [2.45, 2.75) is 24.3 Å². The number of benzene rings is 1. The van der Waals surface area contributed by atoms with Gasteiger partial charge in [-0.05, 0) is 32.0 Å². The molecule has 0 spiro atoms. The summed E-state index contributed by atoms with van der Waals surface area (Å²) in [6.07, 6.45) is 0. The number of carbonyl (C=O) groups is 2. The zero-order chi connectivity index (χ0) is 16.0. The molecule has 1 fully saturated rings. The summed E-state index contributed by atoms with van der Waals surface area (Å²) in [7, 11) is -4.22. The summed E-state index contributed by atoms with van der Waals surface area (Å²) in [5.74, 6) is -2.15. The van der Waals surface area contributed by atoms with E-state index in [1.165, 1.54) is 13.8 Å². The van der Waals surface area contributed by atoms with Crippen molar-refractivity contribution in [3.8, 4) is 0 Å². The normalized spacial score (nSPS) is 19.4. The topological polar surface area (TPSA) is 110 Å². The van der Waals surface area contributed by atoms with Crippen molar-refractivity contribution >= 4 is 27.5 Å². The summed E-state index contributed by atoms with van der Waals surface area (Å²) in [5.41, 5.74) is 3.79. The molecule has 0 atom stereocenters. The van der Waals surface area contributed by atoms with E-state index in [-0.39, 0.29) is 10.6 Å². The van der Waals surface area contributed by atoms with Crippen LogP contribution >= 0.6 is 0 Å². The third-order valence-electron chi connectivity index (χ3n) is 3.26. The van der Waals surface area contributed by atoms with E-state index in [0.29, 0.717) is 0 Å². The van der Waals surface area contributed by atoms with Crippen LogP contribution in [0.25, 0.3) is 0 Å². The predicted octanol–water partition coefficient (Wildman–Crippen LogP) is -0.166. The van der Waals surface area contributed by atoms with Gasteiger partial charge in [-0.2, -0.15) is 4.31 Å². The maximum Gasteiger partial charge on any atom is 0.247 e. The number of imide groups is 1. The van der Waals surface area contributed by atoms with Crippen LogP contribution in [0.15, 0.2) is 23.1 Å². The number of nitrogens with one attached hydrogen (secondary N) is 1. The Balaban J connectivity index is 2.56. The lowest BCUT2D eigenvalue weighted by Gasteiger charge is -2.38. The first kappa shape index (κ1) is 15.4. The average molecular weight is 315 g/mol. The zero-order valence-corrected chi connectivity index (χ0v) is 12.2. The fourth-order valence-corrected chi connectivity index (χ4v) is 3.82. The van der Waals surface area contributed by atoms with Gasteiger partial charge in [-0.15, -0.1) is 0 Å². The average Bonchev–Trinajstić information content (AvgIpc) is 2.33. The summed E-state index contributed by atoms with van der Waals surface area (Å²) in [5, 5.41) is 2.07. The molecule has 1 aliphatic rings. The van der Waals surface area contributed by atoms with E-state index in [4.69, 9.17) is 5.73 Å². The number of amides is 2. The minimum atomic E-state index is -4.22. The van der Waals surface area contributed by atoms with E-state index in [9.17, 15) is 22.4 Å². The number of hydrogen-bond donors (Lipinski definition) is 2. The fourth-order valence-electron chi connectivity index (χ4n) is 2.02. The van der Waals surface area contributed by atoms with Gasteiger partial charge >= 0.3 is 0 Å². The predicted molar refractivity (Wildman–Crippen MR) is 71.9 cm³/mol. The zero-order valence-electron chi connectivity index (χ0n) is 11.4. The number of anilines is 1. The van der Waals surface area contributed by atoms with Crippen molar-refractivity contribution in [1.29, 1.82) is 0 Å². The highest BCUT2D eigenvalue weighted by molar-refractivity contribution is 7.89. The number of nitrogens with zero attached hydrogens (tertiary/aromatic N) is 1. The van der Waals surface area contributed by atoms with Gasteiger partial charge in [-0.1, -0.05) is 0 Å². The van der Waals surface area contributed by atoms with E-state index < -0.39 is 39.7 Å². The molecule has 0 aliphatic carbocycles. The summed E-state index contributed by atoms with van der Waals surface area (Å²) < 4.78 is 39.0. The van der Waals surface area contributed by atoms with Gasteiger partial charge in [-0.25, -0.2) is 12.8 Å². The first-order valence-electron chi connectivity index (χ1n) is 5.99. The van der Waals surface area contributed by atoms with Gasteiger partial charge in [0.2, 0.25) is 21.8 Å². The molecule has 114 valence electrons. The number of nitrogens with two attached hydrogens (primary N) is 1. The quantitative estimate of drug-likeness (QED) is 0.582. The molecule has 2 amide bonds. The van der Waals surface area contributed by atoms with Gasteiger partial charge in [0, 0.05) is 0 Å². The number of sulfonamides is 1. The van der Waals surface area contributed by atoms with Crippen LogP contribution in [0, 0.1) is 5.82 Å². The molecule has 3 N–H and O–H groups in total. The molecule has 9 heteroatoms. The summed E-state index contributed by atoms with van der Waals surface area (Å²) in [6.45, 7) is 2.22. The molecule has 1 aromatic carbocycles. The van der Waals surface area contributed by atoms with Crippen molar-refractivity contribution in [2.75, 3.05) is 12.3 Å². The van der Waals surface area contributed by atoms with Gasteiger partial charge in [0.15, 0.2) is 0 Å². The van der Waals surface area contributed by atoms with E-state index in [1.807, 2.05) is 0 Å². The van der Waals surface area contributed by atoms with Crippen LogP contribution < -0.4 is 11.1 Å². The number of piperazine rings is 1. The Labute approximate surface area is 121 Å². The molecule has 0 aromatic heterocycles. The van der Waals surface area contributed by atoms with Gasteiger partial charge in [-0.3, -0.25) is 14.9 Å². The van der Waals surface area contributed by atoms with E-state index >= 15 is 0 Å². The largest absolute Gasteiger partial charge is 0.398 e. The van der Waals surface area contributed by atoms with E-state index in [0.717, 1.165) is 22.5 Å². The van der Waals surface area contributed by atoms with Crippen LogP contribution in [0.4, 0.5) is 10.1 Å². The third-order valence-corrected chi connectivity index (χ3v) is 5.35. The molecular formula is C12H14FN3O4S. The molecular weight excluding hydrogens is 301 g/mol. The second-order valence-electron chi connectivity index (χ2n) is 5.13. The van der Waals surface area contributed by atoms with Crippen molar-refractivity contribution in [3.05, 3.63) is 24.0 Å². The third kappa shape index (κ3) is 2.49. The highest BCUT2D eigenvalue weighted by atomic mass is 32.2. The molecule has 1 heterocycles. The highest BCUT2D eigenvalue weighted by Crippen LogP contribution is 2.30. The standard InChI is InChI=1S/C12H14FN3O4S/c1-12(2)11(18)15-10(17)6-16(12)21(19,20)9-4-3-7(13)5-8(9)14/h3-5H,6,14H2,1-2H3,(H,15,17,18). The lowest BCUT2D eigenvalue weighted by atomic mass is 10.0. The van der Waals surface area contributed by atoms with Crippen molar-refractivity contribution in [2.24, 2.45) is 0 Å². The first-order chi connectivity index (χ1) is 9.56.